The normalized spacial score (nSPS) is 41.7. The van der Waals surface area contributed by atoms with Gasteiger partial charge in [0.25, 0.3) is 0 Å². The van der Waals surface area contributed by atoms with Crippen molar-refractivity contribution < 1.29 is 9.53 Å². The van der Waals surface area contributed by atoms with Gasteiger partial charge in [-0.25, -0.2) is 4.79 Å². The molecule has 3 aliphatic rings. The summed E-state index contributed by atoms with van der Waals surface area (Å²) in [5, 5.41) is 0. The highest BCUT2D eigenvalue weighted by molar-refractivity contribution is 5.68. The van der Waals surface area contributed by atoms with E-state index in [-0.39, 0.29) is 18.2 Å². The highest BCUT2D eigenvalue weighted by Crippen LogP contribution is 2.46. The quantitative estimate of drug-likeness (QED) is 0.731. The van der Waals surface area contributed by atoms with E-state index < -0.39 is 0 Å². The summed E-state index contributed by atoms with van der Waals surface area (Å²) in [6.45, 7) is 1.43. The maximum Gasteiger partial charge on any atom is 0.410 e. The third-order valence-corrected chi connectivity index (χ3v) is 4.41. The van der Waals surface area contributed by atoms with Crippen LogP contribution < -0.4 is 5.73 Å². The van der Waals surface area contributed by atoms with Crippen LogP contribution in [-0.4, -0.2) is 36.2 Å². The van der Waals surface area contributed by atoms with Gasteiger partial charge in [0.05, 0.1) is 0 Å². The van der Waals surface area contributed by atoms with E-state index in [1.54, 1.807) is 4.90 Å². The van der Waals surface area contributed by atoms with E-state index in [1.165, 1.54) is 19.3 Å². The molecular weight excluding hydrogens is 204 g/mol. The first kappa shape index (κ1) is 10.4. The minimum atomic E-state index is -0.134. The summed E-state index contributed by atoms with van der Waals surface area (Å²) in [6.07, 6.45) is 5.93. The molecule has 1 amide bonds. The third kappa shape index (κ3) is 1.79. The molecule has 4 nitrogen and oxygen atoms in total. The minimum Gasteiger partial charge on any atom is -0.446 e. The fraction of sp³-hybridized carbons (Fsp3) is 0.917. The second-order valence-corrected chi connectivity index (χ2v) is 5.59. The molecule has 1 aliphatic heterocycles. The monoisotopic (exact) mass is 224 g/mol. The van der Waals surface area contributed by atoms with E-state index in [1.807, 2.05) is 0 Å². The molecule has 4 heteroatoms. The van der Waals surface area contributed by atoms with Crippen LogP contribution in [-0.2, 0) is 4.74 Å². The smallest absolute Gasteiger partial charge is 0.410 e. The van der Waals surface area contributed by atoms with Crippen molar-refractivity contribution in [3.63, 3.8) is 0 Å². The molecule has 1 saturated heterocycles. The maximum absolute atomic E-state index is 11.9. The molecule has 3 fully saturated rings. The lowest BCUT2D eigenvalue weighted by atomic mass is 9.98. The molecule has 3 rings (SSSR count). The first-order valence-corrected chi connectivity index (χ1v) is 6.43. The number of nitrogens with two attached hydrogens (primary N) is 1. The molecule has 2 bridgehead atoms. The Morgan fingerprint density at radius 2 is 2.12 bits per heavy atom. The van der Waals surface area contributed by atoms with Crippen LogP contribution >= 0.6 is 0 Å². The zero-order valence-electron chi connectivity index (χ0n) is 9.60. The zero-order valence-corrected chi connectivity index (χ0v) is 9.60. The fourth-order valence-corrected chi connectivity index (χ4v) is 3.49. The van der Waals surface area contributed by atoms with Crippen LogP contribution in [0.1, 0.15) is 32.1 Å². The summed E-state index contributed by atoms with van der Waals surface area (Å²) < 4.78 is 5.61. The van der Waals surface area contributed by atoms with Gasteiger partial charge in [0.15, 0.2) is 0 Å². The summed E-state index contributed by atoms with van der Waals surface area (Å²) >= 11 is 0. The predicted molar refractivity (Wildman–Crippen MR) is 59.9 cm³/mol. The SMILES string of the molecule is N[C@@H]1CCN(C(=O)O[C@H]2C[C@@H]3CC[C@H]2C3)C1. The van der Waals surface area contributed by atoms with Crippen molar-refractivity contribution in [3.8, 4) is 0 Å². The topological polar surface area (TPSA) is 55.6 Å². The number of nitrogens with zero attached hydrogens (tertiary/aromatic N) is 1. The standard InChI is InChI=1S/C12H20N2O2/c13-10-3-4-14(7-10)12(15)16-11-6-8-1-2-9(11)5-8/h8-11H,1-7,13H2/t8-,9+,10-,11+/m1/s1. The summed E-state index contributed by atoms with van der Waals surface area (Å²) in [4.78, 5) is 13.6. The Hall–Kier alpha value is -0.770. The molecule has 0 radical (unpaired) electrons. The molecule has 2 aliphatic carbocycles. The molecule has 0 aromatic carbocycles. The molecule has 4 atom stereocenters. The maximum atomic E-state index is 11.9. The lowest BCUT2D eigenvalue weighted by Crippen LogP contribution is -2.36. The van der Waals surface area contributed by atoms with Crippen LogP contribution in [0.4, 0.5) is 4.79 Å². The molecule has 90 valence electrons. The molecule has 1 heterocycles. The van der Waals surface area contributed by atoms with Crippen molar-refractivity contribution in [1.82, 2.24) is 4.90 Å². The Balaban J connectivity index is 1.53. The Morgan fingerprint density at radius 3 is 2.69 bits per heavy atom. The number of likely N-dealkylation sites (tertiary alicyclic amines) is 1. The summed E-state index contributed by atoms with van der Waals surface area (Å²) in [6, 6.07) is 0.146. The highest BCUT2D eigenvalue weighted by Gasteiger charge is 2.42. The fourth-order valence-electron chi connectivity index (χ4n) is 3.49. The van der Waals surface area contributed by atoms with Gasteiger partial charge in [-0.1, -0.05) is 0 Å². The van der Waals surface area contributed by atoms with Gasteiger partial charge in [0.1, 0.15) is 6.10 Å². The summed E-state index contributed by atoms with van der Waals surface area (Å²) in [5.41, 5.74) is 5.78. The second-order valence-electron chi connectivity index (χ2n) is 5.59. The van der Waals surface area contributed by atoms with E-state index in [0.717, 1.165) is 25.3 Å². The van der Waals surface area contributed by atoms with Gasteiger partial charge in [-0.2, -0.15) is 0 Å². The van der Waals surface area contributed by atoms with Crippen molar-refractivity contribution in [2.24, 2.45) is 17.6 Å². The number of ether oxygens (including phenoxy) is 1. The van der Waals surface area contributed by atoms with Crippen molar-refractivity contribution in [2.45, 2.75) is 44.2 Å². The molecule has 2 N–H and O–H groups in total. The van der Waals surface area contributed by atoms with Gasteiger partial charge >= 0.3 is 6.09 Å². The van der Waals surface area contributed by atoms with Crippen LogP contribution in [0.3, 0.4) is 0 Å². The molecule has 0 spiro atoms. The van der Waals surface area contributed by atoms with Crippen molar-refractivity contribution in [3.05, 3.63) is 0 Å². The van der Waals surface area contributed by atoms with Gasteiger partial charge in [0.2, 0.25) is 0 Å². The van der Waals surface area contributed by atoms with E-state index in [4.69, 9.17) is 10.5 Å². The van der Waals surface area contributed by atoms with Crippen LogP contribution in [0.15, 0.2) is 0 Å². The van der Waals surface area contributed by atoms with Crippen molar-refractivity contribution in [2.75, 3.05) is 13.1 Å². The number of rotatable bonds is 1. The second kappa shape index (κ2) is 3.91. The van der Waals surface area contributed by atoms with Crippen LogP contribution in [0.5, 0.6) is 0 Å². The summed E-state index contributed by atoms with van der Waals surface area (Å²) in [5.74, 6) is 1.47. The lowest BCUT2D eigenvalue weighted by Gasteiger charge is -2.25. The van der Waals surface area contributed by atoms with Gasteiger partial charge < -0.3 is 15.4 Å². The Bertz CT molecular complexity index is 295. The molecule has 0 aromatic rings. The van der Waals surface area contributed by atoms with E-state index in [2.05, 4.69) is 0 Å². The number of amides is 1. The minimum absolute atomic E-state index is 0.134. The molecule has 2 saturated carbocycles. The molecule has 16 heavy (non-hydrogen) atoms. The van der Waals surface area contributed by atoms with Gasteiger partial charge in [0, 0.05) is 19.1 Å². The number of hydrogen-bond donors (Lipinski definition) is 1. The van der Waals surface area contributed by atoms with Crippen molar-refractivity contribution >= 4 is 6.09 Å². The van der Waals surface area contributed by atoms with E-state index in [9.17, 15) is 4.79 Å². The number of carbonyl (C=O) groups is 1. The average molecular weight is 224 g/mol. The average Bonchev–Trinajstić information content (AvgIpc) is 2.92. The van der Waals surface area contributed by atoms with E-state index >= 15 is 0 Å². The Kier molecular flexibility index (Phi) is 2.54. The highest BCUT2D eigenvalue weighted by atomic mass is 16.6. The largest absolute Gasteiger partial charge is 0.446 e. The Labute approximate surface area is 96.1 Å². The van der Waals surface area contributed by atoms with Gasteiger partial charge in [-0.15, -0.1) is 0 Å². The van der Waals surface area contributed by atoms with Gasteiger partial charge in [-0.3, -0.25) is 0 Å². The summed E-state index contributed by atoms with van der Waals surface area (Å²) in [7, 11) is 0. The van der Waals surface area contributed by atoms with Crippen LogP contribution in [0.25, 0.3) is 0 Å². The zero-order chi connectivity index (χ0) is 11.1. The number of fused-ring (bicyclic) bond motifs is 2. The molecule has 0 unspecified atom stereocenters. The molecule has 0 aromatic heterocycles. The lowest BCUT2D eigenvalue weighted by molar-refractivity contribution is 0.0417. The predicted octanol–water partition coefficient (Wildman–Crippen LogP) is 1.34. The molecular formula is C12H20N2O2. The Morgan fingerprint density at radius 1 is 1.25 bits per heavy atom. The van der Waals surface area contributed by atoms with Gasteiger partial charge in [-0.05, 0) is 43.9 Å². The number of hydrogen-bond acceptors (Lipinski definition) is 3. The first-order chi connectivity index (χ1) is 7.72. The number of carbonyl (C=O) groups excluding carboxylic acids is 1. The first-order valence-electron chi connectivity index (χ1n) is 6.43. The third-order valence-electron chi connectivity index (χ3n) is 4.41. The van der Waals surface area contributed by atoms with Crippen LogP contribution in [0.2, 0.25) is 0 Å². The van der Waals surface area contributed by atoms with Crippen LogP contribution in [0, 0.1) is 11.8 Å². The van der Waals surface area contributed by atoms with Crippen molar-refractivity contribution in [1.29, 1.82) is 0 Å². The van der Waals surface area contributed by atoms with E-state index in [0.29, 0.717) is 12.5 Å².